The van der Waals surface area contributed by atoms with Crippen LogP contribution in [0.15, 0.2) is 48.5 Å². The minimum absolute atomic E-state index is 0.322. The van der Waals surface area contributed by atoms with Crippen LogP contribution in [0.4, 0.5) is 0 Å². The Morgan fingerprint density at radius 3 is 1.26 bits per heavy atom. The second-order valence-electron chi connectivity index (χ2n) is 4.55. The summed E-state index contributed by atoms with van der Waals surface area (Å²) < 4.78 is 0. The summed E-state index contributed by atoms with van der Waals surface area (Å²) in [5.41, 5.74) is 4.43. The highest BCUT2D eigenvalue weighted by atomic mass is 16.3. The molecule has 19 heavy (non-hydrogen) atoms. The van der Waals surface area contributed by atoms with E-state index in [1.165, 1.54) is 16.7 Å². The van der Waals surface area contributed by atoms with Crippen molar-refractivity contribution < 1.29 is 5.11 Å². The molecule has 0 aliphatic carbocycles. The molecule has 1 heteroatoms. The molecule has 0 bridgehead atoms. The first-order valence-corrected chi connectivity index (χ1v) is 7.05. The summed E-state index contributed by atoms with van der Waals surface area (Å²) in [5.74, 6) is 0.322. The summed E-state index contributed by atoms with van der Waals surface area (Å²) in [4.78, 5) is 0. The lowest BCUT2D eigenvalue weighted by Crippen LogP contribution is -1.90. The molecular formula is C18H24O. The molecule has 0 heterocycles. The zero-order valence-corrected chi connectivity index (χ0v) is 12.2. The van der Waals surface area contributed by atoms with Crippen molar-refractivity contribution in [3.63, 3.8) is 0 Å². The molecule has 2 aromatic rings. The number of rotatable bonds is 3. The largest absolute Gasteiger partial charge is 0.508 e. The van der Waals surface area contributed by atoms with Crippen LogP contribution in [0.25, 0.3) is 0 Å². The van der Waals surface area contributed by atoms with Gasteiger partial charge >= 0.3 is 0 Å². The molecule has 0 atom stereocenters. The third-order valence-electron chi connectivity index (χ3n) is 3.09. The van der Waals surface area contributed by atoms with Gasteiger partial charge in [0.2, 0.25) is 0 Å². The van der Waals surface area contributed by atoms with E-state index in [4.69, 9.17) is 5.11 Å². The Morgan fingerprint density at radius 2 is 1.05 bits per heavy atom. The Kier molecular flexibility index (Phi) is 6.73. The molecule has 0 aromatic heterocycles. The molecule has 1 N–H and O–H groups in total. The number of aryl methyl sites for hydroxylation is 3. The van der Waals surface area contributed by atoms with Gasteiger partial charge in [-0.25, -0.2) is 0 Å². The predicted molar refractivity (Wildman–Crippen MR) is 82.7 cm³/mol. The Bertz CT molecular complexity index is 419. The van der Waals surface area contributed by atoms with E-state index in [1.807, 2.05) is 6.07 Å². The van der Waals surface area contributed by atoms with Crippen molar-refractivity contribution in [2.45, 2.75) is 40.0 Å². The third-order valence-corrected chi connectivity index (χ3v) is 3.09. The fourth-order valence-electron chi connectivity index (χ4n) is 1.88. The van der Waals surface area contributed by atoms with Crippen LogP contribution in [0, 0.1) is 0 Å². The Labute approximate surface area is 116 Å². The molecule has 102 valence electrons. The third kappa shape index (κ3) is 5.60. The first kappa shape index (κ1) is 15.3. The van der Waals surface area contributed by atoms with Gasteiger partial charge in [0.1, 0.15) is 5.75 Å². The van der Waals surface area contributed by atoms with Crippen molar-refractivity contribution in [1.29, 1.82) is 0 Å². The van der Waals surface area contributed by atoms with E-state index in [2.05, 4.69) is 39.0 Å². The number of aromatic hydroxyl groups is 1. The highest BCUT2D eigenvalue weighted by Crippen LogP contribution is 2.12. The van der Waals surface area contributed by atoms with Crippen LogP contribution in [0.5, 0.6) is 5.75 Å². The fourth-order valence-corrected chi connectivity index (χ4v) is 1.88. The monoisotopic (exact) mass is 256 g/mol. The van der Waals surface area contributed by atoms with Crippen molar-refractivity contribution in [2.24, 2.45) is 0 Å². The van der Waals surface area contributed by atoms with Crippen LogP contribution in [-0.2, 0) is 19.3 Å². The Hall–Kier alpha value is -1.76. The Balaban J connectivity index is 0.000000218. The SMILES string of the molecule is CCc1cc(CC)cc(CC)c1.Oc1ccccc1. The van der Waals surface area contributed by atoms with Gasteiger partial charge in [-0.1, -0.05) is 57.2 Å². The number of hydrogen-bond donors (Lipinski definition) is 1. The van der Waals surface area contributed by atoms with Crippen LogP contribution < -0.4 is 0 Å². The molecular weight excluding hydrogens is 232 g/mol. The minimum Gasteiger partial charge on any atom is -0.508 e. The topological polar surface area (TPSA) is 20.2 Å². The smallest absolute Gasteiger partial charge is 0.115 e. The van der Waals surface area contributed by atoms with Gasteiger partial charge in [-0.2, -0.15) is 0 Å². The molecule has 0 amide bonds. The van der Waals surface area contributed by atoms with Gasteiger partial charge in [-0.05, 0) is 48.1 Å². The van der Waals surface area contributed by atoms with Crippen molar-refractivity contribution in [1.82, 2.24) is 0 Å². The zero-order valence-electron chi connectivity index (χ0n) is 12.2. The first-order valence-electron chi connectivity index (χ1n) is 7.05. The number of hydrogen-bond acceptors (Lipinski definition) is 1. The van der Waals surface area contributed by atoms with E-state index >= 15 is 0 Å². The van der Waals surface area contributed by atoms with Gasteiger partial charge < -0.3 is 5.11 Å². The number of phenols is 1. The summed E-state index contributed by atoms with van der Waals surface area (Å²) in [7, 11) is 0. The minimum atomic E-state index is 0.322. The quantitative estimate of drug-likeness (QED) is 0.839. The molecule has 2 rings (SSSR count). The van der Waals surface area contributed by atoms with E-state index in [9.17, 15) is 0 Å². The van der Waals surface area contributed by atoms with Crippen molar-refractivity contribution >= 4 is 0 Å². The maximum atomic E-state index is 8.63. The fraction of sp³-hybridized carbons (Fsp3) is 0.333. The highest BCUT2D eigenvalue weighted by Gasteiger charge is 1.96. The van der Waals surface area contributed by atoms with Gasteiger partial charge in [-0.3, -0.25) is 0 Å². The van der Waals surface area contributed by atoms with Crippen molar-refractivity contribution in [3.8, 4) is 5.75 Å². The van der Waals surface area contributed by atoms with Crippen LogP contribution in [0.3, 0.4) is 0 Å². The second kappa shape index (κ2) is 8.36. The first-order chi connectivity index (χ1) is 9.19. The van der Waals surface area contributed by atoms with Crippen molar-refractivity contribution in [2.75, 3.05) is 0 Å². The zero-order chi connectivity index (χ0) is 14.1. The molecule has 2 aromatic carbocycles. The Morgan fingerprint density at radius 1 is 0.684 bits per heavy atom. The molecule has 0 fully saturated rings. The summed E-state index contributed by atoms with van der Waals surface area (Å²) >= 11 is 0. The van der Waals surface area contributed by atoms with Gasteiger partial charge in [-0.15, -0.1) is 0 Å². The molecule has 0 aliphatic heterocycles. The standard InChI is InChI=1S/C12H18.C6H6O/c1-4-10-7-11(5-2)9-12(6-3)8-10;7-6-4-2-1-3-5-6/h7-9H,4-6H2,1-3H3;1-5,7H. The summed E-state index contributed by atoms with van der Waals surface area (Å²) in [5, 5.41) is 8.63. The van der Waals surface area contributed by atoms with Crippen molar-refractivity contribution in [3.05, 3.63) is 65.2 Å². The molecule has 1 nitrogen and oxygen atoms in total. The van der Waals surface area contributed by atoms with Gasteiger partial charge in [0.15, 0.2) is 0 Å². The average Bonchev–Trinajstić information content (AvgIpc) is 2.48. The van der Waals surface area contributed by atoms with E-state index in [1.54, 1.807) is 24.3 Å². The molecule has 0 saturated heterocycles. The van der Waals surface area contributed by atoms with Crippen LogP contribution in [0.1, 0.15) is 37.5 Å². The lowest BCUT2D eigenvalue weighted by atomic mass is 10.0. The van der Waals surface area contributed by atoms with Crippen LogP contribution >= 0.6 is 0 Å². The predicted octanol–water partition coefficient (Wildman–Crippen LogP) is 4.77. The van der Waals surface area contributed by atoms with E-state index in [0.29, 0.717) is 5.75 Å². The van der Waals surface area contributed by atoms with E-state index < -0.39 is 0 Å². The van der Waals surface area contributed by atoms with E-state index in [0.717, 1.165) is 19.3 Å². The second-order valence-corrected chi connectivity index (χ2v) is 4.55. The lowest BCUT2D eigenvalue weighted by Gasteiger charge is -2.05. The van der Waals surface area contributed by atoms with Crippen LogP contribution in [-0.4, -0.2) is 5.11 Å². The highest BCUT2D eigenvalue weighted by molar-refractivity contribution is 5.30. The van der Waals surface area contributed by atoms with Gasteiger partial charge in [0.05, 0.1) is 0 Å². The molecule has 0 radical (unpaired) electrons. The number of benzene rings is 2. The maximum absolute atomic E-state index is 8.63. The molecule has 0 saturated carbocycles. The maximum Gasteiger partial charge on any atom is 0.115 e. The van der Waals surface area contributed by atoms with E-state index in [-0.39, 0.29) is 0 Å². The normalized spacial score (nSPS) is 9.63. The van der Waals surface area contributed by atoms with Crippen LogP contribution in [0.2, 0.25) is 0 Å². The summed E-state index contributed by atoms with van der Waals surface area (Å²) in [6.45, 7) is 6.65. The lowest BCUT2D eigenvalue weighted by molar-refractivity contribution is 0.475. The van der Waals surface area contributed by atoms with Gasteiger partial charge in [0, 0.05) is 0 Å². The number of para-hydroxylation sites is 1. The number of phenolic OH excluding ortho intramolecular Hbond substituents is 1. The average molecular weight is 256 g/mol. The molecule has 0 spiro atoms. The van der Waals surface area contributed by atoms with Gasteiger partial charge in [0.25, 0.3) is 0 Å². The molecule has 0 aliphatic rings. The summed E-state index contributed by atoms with van der Waals surface area (Å²) in [6.07, 6.45) is 3.46. The summed E-state index contributed by atoms with van der Waals surface area (Å²) in [6, 6.07) is 15.7. The molecule has 0 unspecified atom stereocenters.